The van der Waals surface area contributed by atoms with Crippen molar-refractivity contribution in [2.75, 3.05) is 10.8 Å². The number of hydrazone groups is 1. The monoisotopic (exact) mass is 552 g/mol. The van der Waals surface area contributed by atoms with Gasteiger partial charge >= 0.3 is 0 Å². The minimum absolute atomic E-state index is 0.0277. The van der Waals surface area contributed by atoms with Gasteiger partial charge in [0.2, 0.25) is 0 Å². The molecular formula is C28H26ClFN4O3S. The molecule has 1 amide bonds. The fourth-order valence-corrected chi connectivity index (χ4v) is 5.78. The molecule has 1 aromatic heterocycles. The molecule has 0 bridgehead atoms. The number of sulfonamides is 1. The molecule has 0 radical (unpaired) electrons. The molecule has 0 aliphatic carbocycles. The van der Waals surface area contributed by atoms with Gasteiger partial charge in [-0.3, -0.25) is 9.10 Å². The van der Waals surface area contributed by atoms with Gasteiger partial charge in [0.05, 0.1) is 27.5 Å². The van der Waals surface area contributed by atoms with E-state index in [4.69, 9.17) is 11.6 Å². The molecule has 0 aliphatic heterocycles. The number of carbonyl (C=O) groups excluding carboxylic acids is 1. The third-order valence-electron chi connectivity index (χ3n) is 5.97. The minimum atomic E-state index is -4.11. The predicted molar refractivity (Wildman–Crippen MR) is 148 cm³/mol. The number of nitrogens with zero attached hydrogens (tertiary/aromatic N) is 3. The average molecular weight is 553 g/mol. The van der Waals surface area contributed by atoms with E-state index in [1.54, 1.807) is 53.1 Å². The second-order valence-electron chi connectivity index (χ2n) is 8.68. The number of anilines is 1. The van der Waals surface area contributed by atoms with E-state index < -0.39 is 22.5 Å². The number of hydrogen-bond acceptors (Lipinski definition) is 4. The number of aromatic nitrogens is 1. The topological polar surface area (TPSA) is 83.8 Å². The lowest BCUT2D eigenvalue weighted by Gasteiger charge is -2.24. The highest BCUT2D eigenvalue weighted by molar-refractivity contribution is 7.92. The Bertz CT molecular complexity index is 1620. The summed E-state index contributed by atoms with van der Waals surface area (Å²) in [5.74, 6) is -1.03. The summed E-state index contributed by atoms with van der Waals surface area (Å²) in [5.41, 5.74) is 6.04. The molecule has 3 aromatic carbocycles. The second-order valence-corrected chi connectivity index (χ2v) is 11.0. The molecule has 4 aromatic rings. The molecule has 0 fully saturated rings. The summed E-state index contributed by atoms with van der Waals surface area (Å²) in [5, 5.41) is 4.20. The van der Waals surface area contributed by atoms with Gasteiger partial charge in [0, 0.05) is 17.0 Å². The Balaban J connectivity index is 1.57. The highest BCUT2D eigenvalue weighted by Gasteiger charge is 2.28. The number of nitrogens with one attached hydrogen (secondary N) is 1. The predicted octanol–water partition coefficient (Wildman–Crippen LogP) is 5.54. The maximum absolute atomic E-state index is 14.4. The number of carbonyl (C=O) groups is 1. The summed E-state index contributed by atoms with van der Waals surface area (Å²) >= 11 is 6.31. The molecule has 38 heavy (non-hydrogen) atoms. The minimum Gasteiger partial charge on any atom is -0.315 e. The quantitative estimate of drug-likeness (QED) is 0.230. The van der Waals surface area contributed by atoms with Crippen molar-refractivity contribution in [2.45, 2.75) is 25.7 Å². The van der Waals surface area contributed by atoms with E-state index in [0.717, 1.165) is 21.3 Å². The van der Waals surface area contributed by atoms with E-state index in [9.17, 15) is 17.6 Å². The summed E-state index contributed by atoms with van der Waals surface area (Å²) in [6.07, 6.45) is 1.44. The Labute approximate surface area is 226 Å². The normalized spacial score (nSPS) is 11.6. The summed E-state index contributed by atoms with van der Waals surface area (Å²) in [6.45, 7) is 4.95. The molecule has 0 saturated carbocycles. The van der Waals surface area contributed by atoms with Gasteiger partial charge in [-0.15, -0.1) is 0 Å². The van der Waals surface area contributed by atoms with Gasteiger partial charge in [0.1, 0.15) is 12.4 Å². The first-order valence-electron chi connectivity index (χ1n) is 11.7. The molecule has 0 unspecified atom stereocenters. The van der Waals surface area contributed by atoms with Crippen molar-refractivity contribution in [2.24, 2.45) is 5.10 Å². The van der Waals surface area contributed by atoms with E-state index in [1.165, 1.54) is 30.5 Å². The molecule has 196 valence electrons. The van der Waals surface area contributed by atoms with Crippen LogP contribution in [0.15, 0.2) is 88.9 Å². The van der Waals surface area contributed by atoms with Crippen molar-refractivity contribution < 1.29 is 17.6 Å². The van der Waals surface area contributed by atoms with E-state index in [1.807, 2.05) is 26.8 Å². The van der Waals surface area contributed by atoms with E-state index in [2.05, 4.69) is 10.5 Å². The zero-order chi connectivity index (χ0) is 27.4. The van der Waals surface area contributed by atoms with Gasteiger partial charge in [-0.05, 0) is 63.2 Å². The lowest BCUT2D eigenvalue weighted by atomic mass is 10.2. The number of rotatable bonds is 8. The Hall–Kier alpha value is -3.95. The Morgan fingerprint density at radius 2 is 1.68 bits per heavy atom. The van der Waals surface area contributed by atoms with Gasteiger partial charge in [-0.25, -0.2) is 18.2 Å². The maximum Gasteiger partial charge on any atom is 0.264 e. The molecule has 0 spiro atoms. The standard InChI is InChI=1S/C28H26ClFN4O3S/c1-19-12-14-23(15-13-19)38(36,37)33(26-10-6-4-8-24(26)29)18-28(35)32-31-17-22-16-20(2)34(21(22)3)27-11-7-5-9-25(27)30/h4-17H,18H2,1-3H3,(H,32,35)/b31-17-. The van der Waals surface area contributed by atoms with Crippen LogP contribution < -0.4 is 9.73 Å². The van der Waals surface area contributed by atoms with Crippen LogP contribution in [0.5, 0.6) is 0 Å². The van der Waals surface area contributed by atoms with Crippen LogP contribution in [0.2, 0.25) is 5.02 Å². The molecule has 0 saturated heterocycles. The van der Waals surface area contributed by atoms with Crippen LogP contribution in [0.1, 0.15) is 22.5 Å². The van der Waals surface area contributed by atoms with Crippen LogP contribution in [-0.2, 0) is 14.8 Å². The van der Waals surface area contributed by atoms with Gasteiger partial charge < -0.3 is 4.57 Å². The first kappa shape index (κ1) is 27.1. The molecule has 0 atom stereocenters. The highest BCUT2D eigenvalue weighted by Crippen LogP contribution is 2.30. The zero-order valence-corrected chi connectivity index (χ0v) is 22.6. The largest absolute Gasteiger partial charge is 0.315 e. The summed E-state index contributed by atoms with van der Waals surface area (Å²) in [4.78, 5) is 12.9. The lowest BCUT2D eigenvalue weighted by molar-refractivity contribution is -0.119. The highest BCUT2D eigenvalue weighted by atomic mass is 35.5. The zero-order valence-electron chi connectivity index (χ0n) is 21.0. The number of para-hydroxylation sites is 2. The summed E-state index contributed by atoms with van der Waals surface area (Å²) in [7, 11) is -4.11. The average Bonchev–Trinajstić information content (AvgIpc) is 3.16. The first-order valence-corrected chi connectivity index (χ1v) is 13.5. The van der Waals surface area contributed by atoms with Crippen molar-refractivity contribution in [3.63, 3.8) is 0 Å². The SMILES string of the molecule is Cc1ccc(S(=O)(=O)N(CC(=O)N/N=C\c2cc(C)n(-c3ccccc3F)c2C)c2ccccc2Cl)cc1. The first-order chi connectivity index (χ1) is 18.1. The fraction of sp³-hybridized carbons (Fsp3) is 0.143. The Morgan fingerprint density at radius 1 is 1.03 bits per heavy atom. The molecule has 4 rings (SSSR count). The van der Waals surface area contributed by atoms with E-state index >= 15 is 0 Å². The molecule has 1 N–H and O–H groups in total. The number of hydrogen-bond donors (Lipinski definition) is 1. The number of amides is 1. The van der Waals surface area contributed by atoms with Crippen LogP contribution in [0.25, 0.3) is 5.69 Å². The molecule has 0 aliphatic rings. The van der Waals surface area contributed by atoms with Crippen LogP contribution >= 0.6 is 11.6 Å². The molecule has 10 heteroatoms. The molecule has 7 nitrogen and oxygen atoms in total. The molecular weight excluding hydrogens is 527 g/mol. The third-order valence-corrected chi connectivity index (χ3v) is 8.07. The van der Waals surface area contributed by atoms with Crippen molar-refractivity contribution >= 4 is 39.4 Å². The van der Waals surface area contributed by atoms with Crippen LogP contribution in [0, 0.1) is 26.6 Å². The van der Waals surface area contributed by atoms with Gasteiger partial charge in [-0.1, -0.05) is 53.6 Å². The number of benzene rings is 3. The summed E-state index contributed by atoms with van der Waals surface area (Å²) < 4.78 is 44.0. The Morgan fingerprint density at radius 3 is 2.37 bits per heavy atom. The van der Waals surface area contributed by atoms with Gasteiger partial charge in [-0.2, -0.15) is 5.10 Å². The summed E-state index contributed by atoms with van der Waals surface area (Å²) in [6, 6.07) is 21.0. The van der Waals surface area contributed by atoms with Gasteiger partial charge in [0.25, 0.3) is 15.9 Å². The van der Waals surface area contributed by atoms with E-state index in [-0.39, 0.29) is 21.4 Å². The Kier molecular flexibility index (Phi) is 7.99. The molecule has 1 heterocycles. The van der Waals surface area contributed by atoms with Gasteiger partial charge in [0.15, 0.2) is 0 Å². The maximum atomic E-state index is 14.4. The third kappa shape index (κ3) is 5.64. The lowest BCUT2D eigenvalue weighted by Crippen LogP contribution is -2.39. The number of aryl methyl sites for hydroxylation is 2. The van der Waals surface area contributed by atoms with Crippen LogP contribution in [0.3, 0.4) is 0 Å². The van der Waals surface area contributed by atoms with E-state index in [0.29, 0.717) is 11.3 Å². The van der Waals surface area contributed by atoms with Crippen molar-refractivity contribution in [1.29, 1.82) is 0 Å². The number of halogens is 2. The van der Waals surface area contributed by atoms with Crippen LogP contribution in [-0.4, -0.2) is 31.7 Å². The van der Waals surface area contributed by atoms with Crippen LogP contribution in [0.4, 0.5) is 10.1 Å². The van der Waals surface area contributed by atoms with Crippen molar-refractivity contribution in [3.05, 3.63) is 112 Å². The fourth-order valence-electron chi connectivity index (χ4n) is 4.05. The van der Waals surface area contributed by atoms with Crippen molar-refractivity contribution in [3.8, 4) is 5.69 Å². The van der Waals surface area contributed by atoms with Crippen molar-refractivity contribution in [1.82, 2.24) is 9.99 Å². The second kappa shape index (κ2) is 11.2. The smallest absolute Gasteiger partial charge is 0.264 e.